The van der Waals surface area contributed by atoms with Crippen LogP contribution >= 0.6 is 0 Å². The third-order valence-electron chi connectivity index (χ3n) is 3.00. The molecule has 4 nitrogen and oxygen atoms in total. The average molecular weight is 181 g/mol. The summed E-state index contributed by atoms with van der Waals surface area (Å²) in [5, 5.41) is 2.30. The van der Waals surface area contributed by atoms with Gasteiger partial charge in [0, 0.05) is 19.3 Å². The van der Waals surface area contributed by atoms with Gasteiger partial charge in [0.2, 0.25) is 11.8 Å². The van der Waals surface area contributed by atoms with Gasteiger partial charge in [-0.1, -0.05) is 0 Å². The van der Waals surface area contributed by atoms with Gasteiger partial charge in [-0.3, -0.25) is 19.7 Å². The van der Waals surface area contributed by atoms with Gasteiger partial charge in [0.05, 0.1) is 5.41 Å². The van der Waals surface area contributed by atoms with Crippen molar-refractivity contribution in [2.75, 3.05) is 0 Å². The predicted octanol–water partition coefficient (Wildman–Crippen LogP) is 0.162. The molecule has 2 rings (SSSR count). The lowest BCUT2D eigenvalue weighted by atomic mass is 9.72. The van der Waals surface area contributed by atoms with Crippen LogP contribution in [0.4, 0.5) is 0 Å². The number of hydrogen-bond acceptors (Lipinski definition) is 3. The molecule has 2 amide bonds. The van der Waals surface area contributed by atoms with Crippen LogP contribution in [0.1, 0.15) is 32.1 Å². The fraction of sp³-hybridized carbons (Fsp3) is 0.667. The summed E-state index contributed by atoms with van der Waals surface area (Å²) in [5.74, 6) is -0.165. The Morgan fingerprint density at radius 1 is 1.08 bits per heavy atom. The molecule has 0 atom stereocenters. The first-order valence-electron chi connectivity index (χ1n) is 4.48. The molecule has 0 aromatic heterocycles. The molecule has 1 aliphatic carbocycles. The normalized spacial score (nSPS) is 26.6. The summed E-state index contributed by atoms with van der Waals surface area (Å²) in [7, 11) is 0. The molecule has 1 aliphatic heterocycles. The quantitative estimate of drug-likeness (QED) is 0.541. The van der Waals surface area contributed by atoms with Crippen molar-refractivity contribution in [3.8, 4) is 0 Å². The minimum Gasteiger partial charge on any atom is -0.300 e. The van der Waals surface area contributed by atoms with E-state index < -0.39 is 5.41 Å². The van der Waals surface area contributed by atoms with Crippen molar-refractivity contribution >= 4 is 17.6 Å². The SMILES string of the molecule is O=C1CCC2(CC1)CC(=O)NC2=O. The van der Waals surface area contributed by atoms with Gasteiger partial charge in [-0.15, -0.1) is 0 Å². The molecule has 0 aromatic rings. The van der Waals surface area contributed by atoms with Crippen molar-refractivity contribution in [3.63, 3.8) is 0 Å². The van der Waals surface area contributed by atoms with Gasteiger partial charge in [-0.25, -0.2) is 0 Å². The number of Topliss-reactive ketones (excluding diaryl/α,β-unsaturated/α-hetero) is 1. The highest BCUT2D eigenvalue weighted by Gasteiger charge is 2.48. The Labute approximate surface area is 75.7 Å². The first-order chi connectivity index (χ1) is 6.12. The minimum atomic E-state index is -0.537. The topological polar surface area (TPSA) is 63.2 Å². The van der Waals surface area contributed by atoms with E-state index in [1.165, 1.54) is 0 Å². The Morgan fingerprint density at radius 2 is 1.69 bits per heavy atom. The Kier molecular flexibility index (Phi) is 1.71. The predicted molar refractivity (Wildman–Crippen MR) is 43.7 cm³/mol. The zero-order valence-electron chi connectivity index (χ0n) is 7.26. The fourth-order valence-electron chi connectivity index (χ4n) is 2.10. The average Bonchev–Trinajstić information content (AvgIpc) is 2.34. The summed E-state index contributed by atoms with van der Waals surface area (Å²) in [6.07, 6.45) is 2.26. The summed E-state index contributed by atoms with van der Waals surface area (Å²) in [6, 6.07) is 0. The number of hydrogen-bond donors (Lipinski definition) is 1. The fourth-order valence-corrected chi connectivity index (χ4v) is 2.10. The highest BCUT2D eigenvalue weighted by molar-refractivity contribution is 6.06. The molecule has 1 saturated heterocycles. The minimum absolute atomic E-state index is 0.176. The summed E-state index contributed by atoms with van der Waals surface area (Å²) >= 11 is 0. The maximum absolute atomic E-state index is 11.4. The van der Waals surface area contributed by atoms with E-state index in [4.69, 9.17) is 0 Å². The Bertz CT molecular complexity index is 285. The van der Waals surface area contributed by atoms with Crippen LogP contribution in [0.3, 0.4) is 0 Å². The number of ketones is 1. The van der Waals surface area contributed by atoms with Crippen LogP contribution in [0.2, 0.25) is 0 Å². The van der Waals surface area contributed by atoms with Crippen LogP contribution in [0.5, 0.6) is 0 Å². The second-order valence-electron chi connectivity index (χ2n) is 3.87. The van der Waals surface area contributed by atoms with Crippen LogP contribution in [-0.2, 0) is 14.4 Å². The number of carbonyl (C=O) groups excluding carboxylic acids is 3. The Balaban J connectivity index is 2.17. The van der Waals surface area contributed by atoms with Gasteiger partial charge in [0.15, 0.2) is 0 Å². The molecule has 1 heterocycles. The zero-order valence-corrected chi connectivity index (χ0v) is 7.26. The van der Waals surface area contributed by atoms with Gasteiger partial charge in [0.25, 0.3) is 0 Å². The molecular weight excluding hydrogens is 170 g/mol. The first-order valence-corrected chi connectivity index (χ1v) is 4.48. The van der Waals surface area contributed by atoms with E-state index in [-0.39, 0.29) is 24.0 Å². The highest BCUT2D eigenvalue weighted by Crippen LogP contribution is 2.40. The molecule has 2 fully saturated rings. The molecule has 70 valence electrons. The van der Waals surface area contributed by atoms with Crippen molar-refractivity contribution in [1.29, 1.82) is 0 Å². The summed E-state index contributed by atoms with van der Waals surface area (Å²) in [5.41, 5.74) is -0.537. The van der Waals surface area contributed by atoms with E-state index in [2.05, 4.69) is 5.32 Å². The number of rotatable bonds is 0. The molecule has 1 N–H and O–H groups in total. The lowest BCUT2D eigenvalue weighted by Gasteiger charge is -2.28. The van der Waals surface area contributed by atoms with E-state index >= 15 is 0 Å². The van der Waals surface area contributed by atoms with E-state index in [1.54, 1.807) is 0 Å². The molecule has 4 heteroatoms. The molecule has 13 heavy (non-hydrogen) atoms. The van der Waals surface area contributed by atoms with Crippen LogP contribution in [0.15, 0.2) is 0 Å². The van der Waals surface area contributed by atoms with Gasteiger partial charge >= 0.3 is 0 Å². The van der Waals surface area contributed by atoms with Gasteiger partial charge in [-0.05, 0) is 12.8 Å². The Morgan fingerprint density at radius 3 is 2.15 bits per heavy atom. The van der Waals surface area contributed by atoms with Crippen molar-refractivity contribution in [2.24, 2.45) is 5.41 Å². The van der Waals surface area contributed by atoms with Crippen LogP contribution < -0.4 is 5.32 Å². The highest BCUT2D eigenvalue weighted by atomic mass is 16.2. The van der Waals surface area contributed by atoms with Crippen molar-refractivity contribution < 1.29 is 14.4 Å². The molecule has 0 aromatic carbocycles. The summed E-state index contributed by atoms with van der Waals surface area (Å²) < 4.78 is 0. The van der Waals surface area contributed by atoms with Crippen molar-refractivity contribution in [1.82, 2.24) is 5.32 Å². The second-order valence-corrected chi connectivity index (χ2v) is 3.87. The second kappa shape index (κ2) is 2.65. The van der Waals surface area contributed by atoms with E-state index in [0.717, 1.165) is 0 Å². The molecular formula is C9H11NO3. The first kappa shape index (κ1) is 8.41. The lowest BCUT2D eigenvalue weighted by molar-refractivity contribution is -0.132. The van der Waals surface area contributed by atoms with E-state index in [0.29, 0.717) is 25.7 Å². The van der Waals surface area contributed by atoms with Crippen LogP contribution in [0, 0.1) is 5.41 Å². The number of amides is 2. The molecule has 0 unspecified atom stereocenters. The van der Waals surface area contributed by atoms with Crippen LogP contribution in [-0.4, -0.2) is 17.6 Å². The molecule has 1 saturated carbocycles. The molecule has 0 bridgehead atoms. The smallest absolute Gasteiger partial charge is 0.233 e. The van der Waals surface area contributed by atoms with Crippen molar-refractivity contribution in [3.05, 3.63) is 0 Å². The number of imide groups is 1. The zero-order chi connectivity index (χ0) is 9.47. The number of nitrogens with one attached hydrogen (secondary N) is 1. The van der Waals surface area contributed by atoms with Crippen LogP contribution in [0.25, 0.3) is 0 Å². The monoisotopic (exact) mass is 181 g/mol. The van der Waals surface area contributed by atoms with Gasteiger partial charge < -0.3 is 0 Å². The van der Waals surface area contributed by atoms with Gasteiger partial charge in [-0.2, -0.15) is 0 Å². The Hall–Kier alpha value is -1.19. The van der Waals surface area contributed by atoms with E-state index in [9.17, 15) is 14.4 Å². The number of carbonyl (C=O) groups is 3. The third kappa shape index (κ3) is 1.26. The summed E-state index contributed by atoms with van der Waals surface area (Å²) in [4.78, 5) is 33.4. The van der Waals surface area contributed by atoms with Crippen molar-refractivity contribution in [2.45, 2.75) is 32.1 Å². The third-order valence-corrected chi connectivity index (χ3v) is 3.00. The standard InChI is InChI=1S/C9H11NO3/c11-6-1-3-9(4-2-6)5-7(12)10-8(9)13/h1-5H2,(H,10,12,13). The van der Waals surface area contributed by atoms with E-state index in [1.807, 2.05) is 0 Å². The maximum atomic E-state index is 11.4. The molecule has 2 aliphatic rings. The largest absolute Gasteiger partial charge is 0.300 e. The molecule has 0 radical (unpaired) electrons. The summed E-state index contributed by atoms with van der Waals surface area (Å²) in [6.45, 7) is 0. The molecule has 1 spiro atoms. The maximum Gasteiger partial charge on any atom is 0.233 e. The van der Waals surface area contributed by atoms with Gasteiger partial charge in [0.1, 0.15) is 5.78 Å². The lowest BCUT2D eigenvalue weighted by Crippen LogP contribution is -2.35.